The summed E-state index contributed by atoms with van der Waals surface area (Å²) in [4.78, 5) is 12.2. The number of nitrogens with one attached hydrogen (secondary N) is 2. The summed E-state index contributed by atoms with van der Waals surface area (Å²) in [6.07, 6.45) is 2.27. The first-order valence-electron chi connectivity index (χ1n) is 8.94. The van der Waals surface area contributed by atoms with Gasteiger partial charge in [-0.3, -0.25) is 9.52 Å². The molecule has 0 bridgehead atoms. The van der Waals surface area contributed by atoms with E-state index in [4.69, 9.17) is 0 Å². The van der Waals surface area contributed by atoms with Gasteiger partial charge >= 0.3 is 0 Å². The maximum atomic E-state index is 12.9. The zero-order valence-electron chi connectivity index (χ0n) is 15.5. The number of rotatable bonds is 8. The molecule has 0 fully saturated rings. The number of sulfonamides is 1. The van der Waals surface area contributed by atoms with Crippen LogP contribution in [0.25, 0.3) is 0 Å². The van der Waals surface area contributed by atoms with Crippen molar-refractivity contribution in [3.63, 3.8) is 0 Å². The van der Waals surface area contributed by atoms with Crippen LogP contribution in [0.4, 0.5) is 5.69 Å². The van der Waals surface area contributed by atoms with Crippen LogP contribution in [0.5, 0.6) is 0 Å². The molecule has 1 amide bonds. The van der Waals surface area contributed by atoms with Crippen molar-refractivity contribution in [1.82, 2.24) is 5.32 Å². The summed E-state index contributed by atoms with van der Waals surface area (Å²) < 4.78 is 28.5. The topological polar surface area (TPSA) is 75.3 Å². The smallest absolute Gasteiger partial charge is 0.261 e. The molecular formula is C20H26N2O3S. The lowest BCUT2D eigenvalue weighted by Gasteiger charge is -2.16. The van der Waals surface area contributed by atoms with Crippen LogP contribution in [-0.2, 0) is 22.9 Å². The number of anilines is 1. The summed E-state index contributed by atoms with van der Waals surface area (Å²) in [6.45, 7) is 6.50. The van der Waals surface area contributed by atoms with Gasteiger partial charge in [0.05, 0.1) is 10.6 Å². The normalized spacial score (nSPS) is 11.2. The summed E-state index contributed by atoms with van der Waals surface area (Å²) in [5.74, 6) is -0.271. The molecule has 140 valence electrons. The Morgan fingerprint density at radius 2 is 1.58 bits per heavy atom. The summed E-state index contributed by atoms with van der Waals surface area (Å²) in [5, 5.41) is 2.76. The van der Waals surface area contributed by atoms with E-state index in [1.165, 1.54) is 12.1 Å². The molecule has 2 aromatic rings. The van der Waals surface area contributed by atoms with Crippen LogP contribution in [0.1, 0.15) is 48.7 Å². The SMILES string of the molecule is CCCNC(=O)c1cccc(S(=O)(=O)Nc2c(CC)cccc2CC)c1. The molecule has 5 nitrogen and oxygen atoms in total. The Morgan fingerprint density at radius 1 is 0.962 bits per heavy atom. The Labute approximate surface area is 155 Å². The van der Waals surface area contributed by atoms with Gasteiger partial charge in [-0.2, -0.15) is 0 Å². The maximum absolute atomic E-state index is 12.9. The van der Waals surface area contributed by atoms with Crippen LogP contribution in [-0.4, -0.2) is 20.9 Å². The number of hydrogen-bond acceptors (Lipinski definition) is 3. The zero-order chi connectivity index (χ0) is 19.2. The molecule has 0 heterocycles. The Bertz CT molecular complexity index is 854. The van der Waals surface area contributed by atoms with Crippen LogP contribution >= 0.6 is 0 Å². The lowest BCUT2D eigenvalue weighted by molar-refractivity contribution is 0.0953. The summed E-state index contributed by atoms with van der Waals surface area (Å²) >= 11 is 0. The molecule has 0 aromatic heterocycles. The molecule has 0 unspecified atom stereocenters. The molecule has 6 heteroatoms. The fourth-order valence-corrected chi connectivity index (χ4v) is 3.90. The average molecular weight is 375 g/mol. The number of carbonyl (C=O) groups is 1. The van der Waals surface area contributed by atoms with Crippen LogP contribution in [0.2, 0.25) is 0 Å². The van der Waals surface area contributed by atoms with Gasteiger partial charge in [0.25, 0.3) is 15.9 Å². The van der Waals surface area contributed by atoms with Crippen LogP contribution in [0, 0.1) is 0 Å². The summed E-state index contributed by atoms with van der Waals surface area (Å²) in [6, 6.07) is 11.9. The molecule has 26 heavy (non-hydrogen) atoms. The number of para-hydroxylation sites is 1. The first kappa shape index (κ1) is 20.0. The Morgan fingerprint density at radius 3 is 2.15 bits per heavy atom. The van der Waals surface area contributed by atoms with Gasteiger partial charge in [0.1, 0.15) is 0 Å². The van der Waals surface area contributed by atoms with Crippen LogP contribution in [0.3, 0.4) is 0 Å². The molecular weight excluding hydrogens is 348 g/mol. The van der Waals surface area contributed by atoms with Crippen molar-refractivity contribution >= 4 is 21.6 Å². The molecule has 0 aliphatic carbocycles. The van der Waals surface area contributed by atoms with Crippen molar-refractivity contribution in [2.24, 2.45) is 0 Å². The van der Waals surface area contributed by atoms with Crippen molar-refractivity contribution < 1.29 is 13.2 Å². The third-order valence-corrected chi connectivity index (χ3v) is 5.52. The molecule has 0 radical (unpaired) electrons. The maximum Gasteiger partial charge on any atom is 0.261 e. The highest BCUT2D eigenvalue weighted by Crippen LogP contribution is 2.26. The van der Waals surface area contributed by atoms with Crippen molar-refractivity contribution in [1.29, 1.82) is 0 Å². The summed E-state index contributed by atoms with van der Waals surface area (Å²) in [7, 11) is -3.79. The van der Waals surface area contributed by atoms with E-state index in [9.17, 15) is 13.2 Å². The molecule has 0 saturated heterocycles. The van der Waals surface area contributed by atoms with E-state index >= 15 is 0 Å². The minimum Gasteiger partial charge on any atom is -0.352 e. The number of carbonyl (C=O) groups excluding carboxylic acids is 1. The van der Waals surface area contributed by atoms with Gasteiger partial charge in [0, 0.05) is 12.1 Å². The highest BCUT2D eigenvalue weighted by molar-refractivity contribution is 7.92. The average Bonchev–Trinajstić information content (AvgIpc) is 2.66. The Hall–Kier alpha value is -2.34. The zero-order valence-corrected chi connectivity index (χ0v) is 16.3. The van der Waals surface area contributed by atoms with Gasteiger partial charge in [-0.05, 0) is 48.6 Å². The highest BCUT2D eigenvalue weighted by Gasteiger charge is 2.19. The highest BCUT2D eigenvalue weighted by atomic mass is 32.2. The van der Waals surface area contributed by atoms with Crippen molar-refractivity contribution in [2.45, 2.75) is 44.9 Å². The second kappa shape index (κ2) is 8.85. The van der Waals surface area contributed by atoms with E-state index in [2.05, 4.69) is 10.0 Å². The first-order valence-corrected chi connectivity index (χ1v) is 10.4. The molecule has 2 rings (SSSR count). The minimum absolute atomic E-state index is 0.0783. The third kappa shape index (κ3) is 4.64. The minimum atomic E-state index is -3.79. The number of amides is 1. The van der Waals surface area contributed by atoms with Gasteiger partial charge in [-0.25, -0.2) is 8.42 Å². The van der Waals surface area contributed by atoms with Gasteiger partial charge in [0.15, 0.2) is 0 Å². The van der Waals surface area contributed by atoms with Gasteiger partial charge in [-0.15, -0.1) is 0 Å². The first-order chi connectivity index (χ1) is 12.4. The molecule has 0 saturated carbocycles. The van der Waals surface area contributed by atoms with Crippen molar-refractivity contribution in [3.05, 3.63) is 59.2 Å². The predicted octanol–water partition coefficient (Wildman–Crippen LogP) is 3.75. The molecule has 0 spiro atoms. The lowest BCUT2D eigenvalue weighted by Crippen LogP contribution is -2.24. The predicted molar refractivity (Wildman–Crippen MR) is 105 cm³/mol. The van der Waals surface area contributed by atoms with Gasteiger partial charge in [0.2, 0.25) is 0 Å². The molecule has 0 aliphatic rings. The Kier molecular flexibility index (Phi) is 6.80. The number of aryl methyl sites for hydroxylation is 2. The van der Waals surface area contributed by atoms with Crippen LogP contribution < -0.4 is 10.0 Å². The quantitative estimate of drug-likeness (QED) is 0.739. The van der Waals surface area contributed by atoms with Gasteiger partial charge < -0.3 is 5.32 Å². The van der Waals surface area contributed by atoms with Crippen LogP contribution in [0.15, 0.2) is 47.4 Å². The van der Waals surface area contributed by atoms with E-state index < -0.39 is 10.0 Å². The number of benzene rings is 2. The van der Waals surface area contributed by atoms with Crippen molar-refractivity contribution in [3.8, 4) is 0 Å². The lowest BCUT2D eigenvalue weighted by atomic mass is 10.0. The fourth-order valence-electron chi connectivity index (χ4n) is 2.71. The largest absolute Gasteiger partial charge is 0.352 e. The standard InChI is InChI=1S/C20H26N2O3S/c1-4-13-21-20(23)17-11-8-12-18(14-17)26(24,25)22-19-15(5-2)9-7-10-16(19)6-3/h7-12,14,22H,4-6,13H2,1-3H3,(H,21,23). The third-order valence-electron chi connectivity index (χ3n) is 4.18. The second-order valence-electron chi connectivity index (χ2n) is 6.05. The molecule has 0 atom stereocenters. The summed E-state index contributed by atoms with van der Waals surface area (Å²) in [5.41, 5.74) is 2.87. The fraction of sp³-hybridized carbons (Fsp3) is 0.350. The number of hydrogen-bond donors (Lipinski definition) is 2. The second-order valence-corrected chi connectivity index (χ2v) is 7.73. The monoisotopic (exact) mass is 374 g/mol. The molecule has 0 aliphatic heterocycles. The van der Waals surface area contributed by atoms with E-state index in [1.54, 1.807) is 12.1 Å². The van der Waals surface area contributed by atoms with Crippen molar-refractivity contribution in [2.75, 3.05) is 11.3 Å². The van der Waals surface area contributed by atoms with E-state index in [1.807, 2.05) is 39.0 Å². The Balaban J connectivity index is 2.36. The van der Waals surface area contributed by atoms with Gasteiger partial charge in [-0.1, -0.05) is 45.0 Å². The molecule has 2 aromatic carbocycles. The van der Waals surface area contributed by atoms with E-state index in [0.717, 1.165) is 30.4 Å². The van der Waals surface area contributed by atoms with E-state index in [-0.39, 0.29) is 10.8 Å². The van der Waals surface area contributed by atoms with E-state index in [0.29, 0.717) is 17.8 Å². The molecule has 2 N–H and O–H groups in total.